The molecule has 1 aliphatic heterocycles. The summed E-state index contributed by atoms with van der Waals surface area (Å²) in [7, 11) is 0. The van der Waals surface area contributed by atoms with Crippen LogP contribution in [0.3, 0.4) is 0 Å². The van der Waals surface area contributed by atoms with Gasteiger partial charge in [0.05, 0.1) is 23.5 Å². The summed E-state index contributed by atoms with van der Waals surface area (Å²) >= 11 is 0. The molecule has 9 nitrogen and oxygen atoms in total. The van der Waals surface area contributed by atoms with Crippen molar-refractivity contribution < 1.29 is 37.5 Å². The molecule has 0 amide bonds. The molecule has 1 saturated heterocycles. The SMILES string of the molecule is O=C(O)C(F)(F)F.O=[N+]([O-])c1ccc(Nc2ccc(OC3COC3)cc2)c2ccncc12. The summed E-state index contributed by atoms with van der Waals surface area (Å²) in [4.78, 5) is 23.7. The van der Waals surface area contributed by atoms with Crippen LogP contribution >= 0.6 is 0 Å². The van der Waals surface area contributed by atoms with E-state index < -0.39 is 17.1 Å². The number of nitrogens with one attached hydrogen (secondary N) is 1. The number of aliphatic carboxylic acids is 1. The number of non-ortho nitro benzene ring substituents is 1. The third kappa shape index (κ3) is 5.60. The third-order valence-electron chi connectivity index (χ3n) is 4.28. The van der Waals surface area contributed by atoms with Gasteiger partial charge in [0.25, 0.3) is 5.69 Å². The second kappa shape index (κ2) is 9.47. The number of carboxylic acids is 1. The molecule has 0 radical (unpaired) electrons. The number of fused-ring (bicyclic) bond motifs is 1. The van der Waals surface area contributed by atoms with Crippen molar-refractivity contribution in [2.75, 3.05) is 18.5 Å². The Morgan fingerprint density at radius 1 is 1.16 bits per heavy atom. The van der Waals surface area contributed by atoms with Crippen LogP contribution < -0.4 is 10.1 Å². The van der Waals surface area contributed by atoms with Crippen LogP contribution in [0.5, 0.6) is 5.75 Å². The number of hydrogen-bond acceptors (Lipinski definition) is 7. The van der Waals surface area contributed by atoms with Crippen molar-refractivity contribution >= 4 is 33.8 Å². The molecule has 0 unspecified atom stereocenters. The molecule has 4 rings (SSSR count). The minimum absolute atomic E-state index is 0.0418. The van der Waals surface area contributed by atoms with E-state index in [1.165, 1.54) is 12.3 Å². The molecule has 32 heavy (non-hydrogen) atoms. The Balaban J connectivity index is 0.000000360. The molecule has 0 aliphatic carbocycles. The zero-order valence-electron chi connectivity index (χ0n) is 16.2. The van der Waals surface area contributed by atoms with Crippen molar-refractivity contribution in [3.63, 3.8) is 0 Å². The molecular weight excluding hydrogens is 435 g/mol. The van der Waals surface area contributed by atoms with E-state index in [2.05, 4.69) is 10.3 Å². The van der Waals surface area contributed by atoms with E-state index in [1.54, 1.807) is 18.3 Å². The summed E-state index contributed by atoms with van der Waals surface area (Å²) in [6, 6.07) is 12.5. The maximum atomic E-state index is 11.2. The van der Waals surface area contributed by atoms with Gasteiger partial charge in [-0.2, -0.15) is 13.2 Å². The van der Waals surface area contributed by atoms with Crippen LogP contribution in [-0.2, 0) is 9.53 Å². The van der Waals surface area contributed by atoms with E-state index >= 15 is 0 Å². The first-order chi connectivity index (χ1) is 15.1. The number of nitrogens with zero attached hydrogens (tertiary/aromatic N) is 2. The van der Waals surface area contributed by atoms with Crippen molar-refractivity contribution in [2.45, 2.75) is 12.3 Å². The lowest BCUT2D eigenvalue weighted by Gasteiger charge is -2.26. The Labute approximate surface area is 178 Å². The Morgan fingerprint density at radius 2 is 1.81 bits per heavy atom. The van der Waals surface area contributed by atoms with Gasteiger partial charge in [0.2, 0.25) is 0 Å². The second-order valence-electron chi connectivity index (χ2n) is 6.54. The summed E-state index contributed by atoms with van der Waals surface area (Å²) in [6.45, 7) is 1.26. The molecule has 1 aliphatic rings. The zero-order valence-corrected chi connectivity index (χ0v) is 16.2. The van der Waals surface area contributed by atoms with Crippen LogP contribution in [0.25, 0.3) is 10.8 Å². The first kappa shape index (κ1) is 22.7. The smallest absolute Gasteiger partial charge is 0.486 e. The molecule has 2 heterocycles. The predicted molar refractivity (Wildman–Crippen MR) is 107 cm³/mol. The predicted octanol–water partition coefficient (Wildman–Crippen LogP) is 4.30. The molecule has 0 atom stereocenters. The van der Waals surface area contributed by atoms with E-state index in [9.17, 15) is 23.3 Å². The third-order valence-corrected chi connectivity index (χ3v) is 4.28. The lowest BCUT2D eigenvalue weighted by atomic mass is 10.1. The number of anilines is 2. The van der Waals surface area contributed by atoms with Gasteiger partial charge in [0.1, 0.15) is 11.9 Å². The maximum Gasteiger partial charge on any atom is 0.490 e. The molecule has 0 spiro atoms. The highest BCUT2D eigenvalue weighted by Crippen LogP contribution is 2.32. The zero-order chi connectivity index (χ0) is 23.3. The lowest BCUT2D eigenvalue weighted by Crippen LogP contribution is -2.38. The molecule has 0 bridgehead atoms. The highest BCUT2D eigenvalue weighted by atomic mass is 19.4. The topological polar surface area (TPSA) is 124 Å². The number of rotatable bonds is 5. The quantitative estimate of drug-likeness (QED) is 0.435. The largest absolute Gasteiger partial charge is 0.490 e. The van der Waals surface area contributed by atoms with Crippen molar-refractivity contribution in [1.82, 2.24) is 4.98 Å². The molecule has 12 heteroatoms. The minimum atomic E-state index is -5.08. The highest BCUT2D eigenvalue weighted by Gasteiger charge is 2.38. The number of carboxylic acid groups (broad SMARTS) is 1. The standard InChI is InChI=1S/C18H15N3O4.C2HF3O2/c22-21(23)18-6-5-17(15-7-8-19-9-16(15)18)20-12-1-3-13(4-2-12)25-14-10-24-11-14;3-2(4,5)1(6)7/h1-9,14,20H,10-11H2;(H,6,7). The van der Waals surface area contributed by atoms with E-state index in [4.69, 9.17) is 19.4 Å². The second-order valence-corrected chi connectivity index (χ2v) is 6.54. The number of ether oxygens (including phenoxy) is 2. The van der Waals surface area contributed by atoms with Crippen LogP contribution in [0, 0.1) is 10.1 Å². The highest BCUT2D eigenvalue weighted by molar-refractivity contribution is 6.00. The van der Waals surface area contributed by atoms with Crippen molar-refractivity contribution in [2.24, 2.45) is 0 Å². The molecule has 2 aromatic carbocycles. The Hall–Kier alpha value is -3.93. The number of aromatic nitrogens is 1. The number of hydrogen-bond donors (Lipinski definition) is 2. The van der Waals surface area contributed by atoms with Crippen LogP contribution in [0.2, 0.25) is 0 Å². The van der Waals surface area contributed by atoms with Gasteiger partial charge in [0, 0.05) is 35.2 Å². The molecule has 1 aromatic heterocycles. The van der Waals surface area contributed by atoms with Crippen molar-refractivity contribution in [1.29, 1.82) is 0 Å². The monoisotopic (exact) mass is 451 g/mol. The number of nitro groups is 1. The Morgan fingerprint density at radius 3 is 2.34 bits per heavy atom. The van der Waals surface area contributed by atoms with E-state index in [1.807, 2.05) is 24.3 Å². The van der Waals surface area contributed by atoms with Gasteiger partial charge < -0.3 is 19.9 Å². The summed E-state index contributed by atoms with van der Waals surface area (Å²) < 4.78 is 42.6. The fourth-order valence-corrected chi connectivity index (χ4v) is 2.69. The van der Waals surface area contributed by atoms with Gasteiger partial charge in [-0.1, -0.05) is 0 Å². The van der Waals surface area contributed by atoms with E-state index in [0.29, 0.717) is 18.6 Å². The van der Waals surface area contributed by atoms with Gasteiger partial charge in [-0.3, -0.25) is 15.1 Å². The van der Waals surface area contributed by atoms with E-state index in [0.717, 1.165) is 22.5 Å². The number of alkyl halides is 3. The summed E-state index contributed by atoms with van der Waals surface area (Å²) in [5, 5.41) is 22.8. The Bertz CT molecular complexity index is 1120. The lowest BCUT2D eigenvalue weighted by molar-refractivity contribution is -0.383. The van der Waals surface area contributed by atoms with Gasteiger partial charge in [0.15, 0.2) is 0 Å². The number of halogens is 3. The first-order valence-electron chi connectivity index (χ1n) is 9.08. The molecule has 0 saturated carbocycles. The summed E-state index contributed by atoms with van der Waals surface area (Å²) in [6.07, 6.45) is -1.82. The van der Waals surface area contributed by atoms with Gasteiger partial charge in [-0.25, -0.2) is 4.79 Å². The van der Waals surface area contributed by atoms with Crippen LogP contribution in [0.15, 0.2) is 54.9 Å². The minimum Gasteiger partial charge on any atom is -0.486 e. The summed E-state index contributed by atoms with van der Waals surface area (Å²) in [5.74, 6) is -1.97. The van der Waals surface area contributed by atoms with Gasteiger partial charge >= 0.3 is 12.1 Å². The average Bonchev–Trinajstić information content (AvgIpc) is 2.71. The fourth-order valence-electron chi connectivity index (χ4n) is 2.69. The normalized spacial score (nSPS) is 13.5. The van der Waals surface area contributed by atoms with Crippen molar-refractivity contribution in [3.05, 3.63) is 65.0 Å². The molecule has 2 N–H and O–H groups in total. The molecule has 168 valence electrons. The number of benzene rings is 2. The van der Waals surface area contributed by atoms with E-state index in [-0.39, 0.29) is 11.8 Å². The molecular formula is C20H16F3N3O6. The first-order valence-corrected chi connectivity index (χ1v) is 9.08. The maximum absolute atomic E-state index is 11.2. The molecule has 3 aromatic rings. The fraction of sp³-hybridized carbons (Fsp3) is 0.200. The van der Waals surface area contributed by atoms with Crippen LogP contribution in [-0.4, -0.2) is 46.5 Å². The van der Waals surface area contributed by atoms with Gasteiger partial charge in [-0.15, -0.1) is 0 Å². The summed E-state index contributed by atoms with van der Waals surface area (Å²) in [5.41, 5.74) is 1.69. The number of pyridine rings is 1. The van der Waals surface area contributed by atoms with Crippen LogP contribution in [0.1, 0.15) is 0 Å². The van der Waals surface area contributed by atoms with Crippen molar-refractivity contribution in [3.8, 4) is 5.75 Å². The van der Waals surface area contributed by atoms with Gasteiger partial charge in [-0.05, 0) is 36.4 Å². The van der Waals surface area contributed by atoms with Crippen LogP contribution in [0.4, 0.5) is 30.2 Å². The molecule has 1 fully saturated rings. The number of carbonyl (C=O) groups is 1. The number of nitro benzene ring substituents is 1. The Kier molecular flexibility index (Phi) is 6.73. The average molecular weight is 451 g/mol.